The predicted molar refractivity (Wildman–Crippen MR) is 371 cm³/mol. The Hall–Kier alpha value is -8.88. The Bertz CT molecular complexity index is 4830. The van der Waals surface area contributed by atoms with E-state index in [9.17, 15) is 0 Å². The molecule has 6 heterocycles. The van der Waals surface area contributed by atoms with Crippen molar-refractivity contribution in [3.63, 3.8) is 0 Å². The van der Waals surface area contributed by atoms with E-state index in [1.54, 1.807) is 0 Å². The average molecular weight is 1130 g/mol. The summed E-state index contributed by atoms with van der Waals surface area (Å²) in [6, 6.07) is 84.0. The van der Waals surface area contributed by atoms with Gasteiger partial charge in [-0.05, 0) is 149 Å². The number of nitrogens with zero attached hydrogens (tertiary/aromatic N) is 4. The Kier molecular flexibility index (Phi) is 11.5. The maximum atomic E-state index is 2.74. The van der Waals surface area contributed by atoms with Crippen molar-refractivity contribution in [1.29, 1.82) is 0 Å². The van der Waals surface area contributed by atoms with Crippen LogP contribution in [0.2, 0.25) is 0 Å². The van der Waals surface area contributed by atoms with Gasteiger partial charge < -0.3 is 18.9 Å². The summed E-state index contributed by atoms with van der Waals surface area (Å²) in [5, 5.41) is 10.5. The van der Waals surface area contributed by atoms with E-state index in [4.69, 9.17) is 0 Å². The van der Waals surface area contributed by atoms with E-state index in [0.717, 1.165) is 49.9 Å². The minimum absolute atomic E-state index is 0.0878. The molecule has 0 unspecified atom stereocenters. The first-order chi connectivity index (χ1) is 41.7. The second kappa shape index (κ2) is 19.3. The van der Waals surface area contributed by atoms with Crippen molar-refractivity contribution >= 4 is 164 Å². The van der Waals surface area contributed by atoms with Crippen molar-refractivity contribution < 1.29 is 0 Å². The lowest BCUT2D eigenvalue weighted by atomic mass is 9.33. The van der Waals surface area contributed by atoms with Crippen molar-refractivity contribution in [2.45, 2.75) is 78.6 Å². The monoisotopic (exact) mass is 1130 g/mol. The highest BCUT2D eigenvalue weighted by molar-refractivity contribution is 7.26. The lowest BCUT2D eigenvalue weighted by Crippen LogP contribution is -2.61. The molecule has 0 amide bonds. The molecule has 0 bridgehead atoms. The summed E-state index contributed by atoms with van der Waals surface area (Å²) < 4.78 is 10.5. The summed E-state index contributed by atoms with van der Waals surface area (Å²) in [6.45, 7) is 11.8. The molecule has 0 spiro atoms. The highest BCUT2D eigenvalue weighted by atomic mass is 32.1. The number of fused-ring (bicyclic) bond motifs is 16. The van der Waals surface area contributed by atoms with E-state index in [2.05, 4.69) is 272 Å². The number of benzene rings is 11. The van der Waals surface area contributed by atoms with Gasteiger partial charge in [-0.25, -0.2) is 0 Å². The van der Waals surface area contributed by atoms with Crippen molar-refractivity contribution in [2.24, 2.45) is 0 Å². The van der Waals surface area contributed by atoms with Gasteiger partial charge in [-0.15, -0.1) is 22.7 Å². The number of thiophene rings is 2. The van der Waals surface area contributed by atoms with Crippen molar-refractivity contribution in [3.05, 3.63) is 235 Å². The Morgan fingerprint density at radius 1 is 0.365 bits per heavy atom. The van der Waals surface area contributed by atoms with Crippen LogP contribution in [0.1, 0.15) is 77.0 Å². The molecule has 17 rings (SSSR count). The summed E-state index contributed by atoms with van der Waals surface area (Å²) in [5.74, 6) is 0. The third kappa shape index (κ3) is 7.52. The molecule has 0 fully saturated rings. The molecule has 4 nitrogen and oxygen atoms in total. The third-order valence-electron chi connectivity index (χ3n) is 18.9. The molecule has 85 heavy (non-hydrogen) atoms. The first-order valence-electron chi connectivity index (χ1n) is 30.7. The summed E-state index contributed by atoms with van der Waals surface area (Å²) in [4.78, 5) is 5.49. The van der Waals surface area contributed by atoms with E-state index in [0.29, 0.717) is 0 Å². The summed E-state index contributed by atoms with van der Waals surface area (Å²) >= 11 is 3.94. The molecule has 410 valence electrons. The molecule has 0 radical (unpaired) electrons. The van der Waals surface area contributed by atoms with Gasteiger partial charge in [0.25, 0.3) is 6.71 Å². The zero-order chi connectivity index (χ0) is 56.8. The van der Waals surface area contributed by atoms with Crippen LogP contribution in [0, 0.1) is 0 Å². The van der Waals surface area contributed by atoms with Crippen molar-refractivity contribution in [2.75, 3.05) is 9.80 Å². The van der Waals surface area contributed by atoms with E-state index in [1.807, 2.05) is 22.7 Å². The molecule has 0 saturated carbocycles. The molecule has 4 aromatic heterocycles. The number of hydrogen-bond acceptors (Lipinski definition) is 4. The lowest BCUT2D eigenvalue weighted by molar-refractivity contribution is 0.590. The molecule has 0 saturated heterocycles. The van der Waals surface area contributed by atoms with Gasteiger partial charge in [-0.2, -0.15) is 0 Å². The maximum Gasteiger partial charge on any atom is 0.252 e. The van der Waals surface area contributed by atoms with Crippen LogP contribution >= 0.6 is 22.7 Å². The van der Waals surface area contributed by atoms with Crippen molar-refractivity contribution in [1.82, 2.24) is 9.13 Å². The van der Waals surface area contributed by atoms with Crippen LogP contribution < -0.4 is 26.2 Å². The summed E-state index contributed by atoms with van der Waals surface area (Å²) in [7, 11) is 0. The number of para-hydroxylation sites is 4. The highest BCUT2D eigenvalue weighted by Crippen LogP contribution is 2.52. The normalized spacial score (nSPS) is 13.2. The van der Waals surface area contributed by atoms with Gasteiger partial charge in [0.05, 0.1) is 33.4 Å². The quantitative estimate of drug-likeness (QED) is 0.127. The second-order valence-corrected chi connectivity index (χ2v) is 26.9. The molecule has 11 aromatic carbocycles. The van der Waals surface area contributed by atoms with Crippen LogP contribution in [0.25, 0.3) is 95.3 Å². The molecule has 0 N–H and O–H groups in total. The third-order valence-corrected chi connectivity index (χ3v) is 21.4. The van der Waals surface area contributed by atoms with Gasteiger partial charge >= 0.3 is 0 Å². The maximum absolute atomic E-state index is 2.74. The fourth-order valence-corrected chi connectivity index (χ4v) is 17.4. The van der Waals surface area contributed by atoms with Gasteiger partial charge in [0.1, 0.15) is 0 Å². The largest absolute Gasteiger partial charge is 0.311 e. The number of unbranched alkanes of at least 4 members (excludes halogenated alkanes) is 2. The standard InChI is InChI=1S/C78H63BN4S2/c1-6-8-22-59-67(42-38-57-55-28-14-20-34-73(55)84-76(57)59)82-69-46-49(80-63-30-16-10-24-51(63)52-25-11-17-31-64(52)80)36-40-61(69)79-62-41-37-50(81-65-32-18-12-26-53(65)54-27-13-19-33-66(54)81)47-70(62)83(72-45-48(78(3,4)5)44-71(82)75(72)79)68-43-39-58-56-29-15-21-35-74(56)85-77(58)60(68)23-9-7-2/h10-21,24-47H,6-9,22-23H2,1-5H3. The average Bonchev–Trinajstić information content (AvgIpc) is 1.40. The van der Waals surface area contributed by atoms with Crippen LogP contribution in [-0.4, -0.2) is 15.8 Å². The fraction of sp³-hybridized carbons (Fsp3) is 0.154. The minimum atomic E-state index is -0.199. The summed E-state index contributed by atoms with van der Waals surface area (Å²) in [6.07, 6.45) is 6.38. The fourth-order valence-electron chi connectivity index (χ4n) is 14.9. The Labute approximate surface area is 504 Å². The zero-order valence-corrected chi connectivity index (χ0v) is 50.3. The lowest BCUT2D eigenvalue weighted by Gasteiger charge is -2.46. The molecule has 0 aliphatic carbocycles. The van der Waals surface area contributed by atoms with E-state index in [-0.39, 0.29) is 12.1 Å². The molecular weight excluding hydrogens is 1070 g/mol. The van der Waals surface area contributed by atoms with Gasteiger partial charge in [0.2, 0.25) is 0 Å². The Morgan fingerprint density at radius 3 is 1.13 bits per heavy atom. The molecule has 2 aliphatic rings. The zero-order valence-electron chi connectivity index (χ0n) is 48.7. The molecular formula is C78H63BN4S2. The van der Waals surface area contributed by atoms with Crippen LogP contribution in [0.15, 0.2) is 218 Å². The van der Waals surface area contributed by atoms with Gasteiger partial charge in [-0.3, -0.25) is 0 Å². The van der Waals surface area contributed by atoms with E-state index < -0.39 is 0 Å². The number of anilines is 6. The highest BCUT2D eigenvalue weighted by Gasteiger charge is 2.45. The summed E-state index contributed by atoms with van der Waals surface area (Å²) in [5.41, 5.74) is 22.7. The smallest absolute Gasteiger partial charge is 0.252 e. The Balaban J connectivity index is 1.01. The number of rotatable bonds is 10. The predicted octanol–water partition coefficient (Wildman–Crippen LogP) is 20.7. The van der Waals surface area contributed by atoms with E-state index in [1.165, 1.54) is 151 Å². The van der Waals surface area contributed by atoms with Gasteiger partial charge in [0.15, 0.2) is 0 Å². The molecule has 2 aliphatic heterocycles. The number of aromatic nitrogens is 2. The van der Waals surface area contributed by atoms with Crippen molar-refractivity contribution in [3.8, 4) is 11.4 Å². The van der Waals surface area contributed by atoms with Crippen LogP contribution in [0.5, 0.6) is 0 Å². The minimum Gasteiger partial charge on any atom is -0.311 e. The molecule has 15 aromatic rings. The number of aryl methyl sites for hydroxylation is 2. The van der Waals surface area contributed by atoms with Gasteiger partial charge in [-0.1, -0.05) is 181 Å². The van der Waals surface area contributed by atoms with Gasteiger partial charge in [0, 0.05) is 96.0 Å². The Morgan fingerprint density at radius 2 is 0.741 bits per heavy atom. The molecule has 0 atom stereocenters. The SMILES string of the molecule is CCCCc1c(N2c3cc(-n4c5ccccc5c5ccccc54)ccc3B3c4ccc(-n5c6ccccc6c6ccccc65)cc4N(c4ccc5c(sc6ccccc65)c4CCCC)c4cc(C(C)(C)C)cc2c43)ccc2c1sc1ccccc12. The first kappa shape index (κ1) is 50.6. The second-order valence-electron chi connectivity index (χ2n) is 24.8. The topological polar surface area (TPSA) is 16.3 Å². The van der Waals surface area contributed by atoms with Crippen LogP contribution in [-0.2, 0) is 18.3 Å². The number of hydrogen-bond donors (Lipinski definition) is 0. The first-order valence-corrected chi connectivity index (χ1v) is 32.3. The van der Waals surface area contributed by atoms with Crippen LogP contribution in [0.3, 0.4) is 0 Å². The van der Waals surface area contributed by atoms with E-state index >= 15 is 0 Å². The molecule has 7 heteroatoms. The van der Waals surface area contributed by atoms with Crippen LogP contribution in [0.4, 0.5) is 34.1 Å².